The number of rotatable bonds is 9. The Kier molecular flexibility index (Phi) is 8.53. The van der Waals surface area contributed by atoms with E-state index in [2.05, 4.69) is 38.1 Å². The summed E-state index contributed by atoms with van der Waals surface area (Å²) < 4.78 is 0. The van der Waals surface area contributed by atoms with Crippen LogP contribution in [0.5, 0.6) is 0 Å². The van der Waals surface area contributed by atoms with Crippen molar-refractivity contribution in [2.24, 2.45) is 0 Å². The van der Waals surface area contributed by atoms with Gasteiger partial charge in [-0.05, 0) is 54.8 Å². The molecule has 0 heterocycles. The molecule has 0 spiro atoms. The fraction of sp³-hybridized carbons (Fsp3) is 0.714. The zero-order chi connectivity index (χ0) is 15.6. The van der Waals surface area contributed by atoms with Crippen LogP contribution in [0.2, 0.25) is 0 Å². The summed E-state index contributed by atoms with van der Waals surface area (Å²) >= 11 is 0. The highest BCUT2D eigenvalue weighted by Gasteiger charge is 2.24. The molecule has 0 radical (unpaired) electrons. The standard InChI is InChI=1S/C21H35P/c1-3-5-10-18-22(20-12-8-7-9-13-20)21-16-14-19(15-17-21)11-6-4-2/h14-17,20H,3-13,18H2,1-2H3. The summed E-state index contributed by atoms with van der Waals surface area (Å²) in [6, 6.07) is 9.81. The van der Waals surface area contributed by atoms with Crippen molar-refractivity contribution in [1.82, 2.24) is 0 Å². The fourth-order valence-electron chi connectivity index (χ4n) is 3.68. The van der Waals surface area contributed by atoms with Gasteiger partial charge >= 0.3 is 0 Å². The molecular formula is C21H35P. The molecule has 1 atom stereocenters. The second kappa shape index (κ2) is 10.4. The summed E-state index contributed by atoms with van der Waals surface area (Å²) in [5.41, 5.74) is 2.56. The molecule has 1 heteroatoms. The van der Waals surface area contributed by atoms with E-state index in [9.17, 15) is 0 Å². The largest absolute Gasteiger partial charge is 0.0721 e. The molecule has 1 aromatic rings. The normalized spacial score (nSPS) is 17.5. The van der Waals surface area contributed by atoms with Crippen LogP contribution in [-0.4, -0.2) is 11.8 Å². The van der Waals surface area contributed by atoms with E-state index in [1.165, 1.54) is 82.4 Å². The molecule has 22 heavy (non-hydrogen) atoms. The number of aryl methyl sites for hydroxylation is 1. The molecule has 1 fully saturated rings. The Labute approximate surface area is 139 Å². The van der Waals surface area contributed by atoms with Gasteiger partial charge in [0, 0.05) is 0 Å². The number of hydrogen-bond acceptors (Lipinski definition) is 0. The van der Waals surface area contributed by atoms with Crippen LogP contribution in [0.25, 0.3) is 0 Å². The molecule has 1 aliphatic rings. The van der Waals surface area contributed by atoms with Crippen molar-refractivity contribution >= 4 is 13.2 Å². The van der Waals surface area contributed by atoms with E-state index in [0.29, 0.717) is 0 Å². The van der Waals surface area contributed by atoms with Crippen molar-refractivity contribution < 1.29 is 0 Å². The maximum atomic E-state index is 2.48. The molecule has 0 saturated heterocycles. The van der Waals surface area contributed by atoms with Gasteiger partial charge in [-0.15, -0.1) is 0 Å². The van der Waals surface area contributed by atoms with Gasteiger partial charge in [0.15, 0.2) is 0 Å². The lowest BCUT2D eigenvalue weighted by Gasteiger charge is -2.31. The summed E-state index contributed by atoms with van der Waals surface area (Å²) in [7, 11) is 0.0892. The molecule has 0 bridgehead atoms. The molecule has 0 aromatic heterocycles. The maximum absolute atomic E-state index is 2.48. The van der Waals surface area contributed by atoms with Gasteiger partial charge in [0.2, 0.25) is 0 Å². The molecule has 0 N–H and O–H groups in total. The average molecular weight is 318 g/mol. The topological polar surface area (TPSA) is 0 Å². The molecule has 2 rings (SSSR count). The minimum absolute atomic E-state index is 0.0892. The van der Waals surface area contributed by atoms with Crippen LogP contribution in [-0.2, 0) is 6.42 Å². The molecule has 1 aromatic carbocycles. The summed E-state index contributed by atoms with van der Waals surface area (Å²) in [5, 5.41) is 1.69. The fourth-order valence-corrected chi connectivity index (χ4v) is 6.81. The first-order valence-electron chi connectivity index (χ1n) is 9.70. The summed E-state index contributed by atoms with van der Waals surface area (Å²) in [4.78, 5) is 0. The highest BCUT2D eigenvalue weighted by Crippen LogP contribution is 2.47. The predicted octanol–water partition coefficient (Wildman–Crippen LogP) is 6.66. The third-order valence-electron chi connectivity index (χ3n) is 5.11. The lowest BCUT2D eigenvalue weighted by Crippen LogP contribution is -2.19. The second-order valence-corrected chi connectivity index (χ2v) is 9.60. The molecule has 0 nitrogen and oxygen atoms in total. The first-order chi connectivity index (χ1) is 10.8. The van der Waals surface area contributed by atoms with Crippen molar-refractivity contribution in [1.29, 1.82) is 0 Å². The highest BCUT2D eigenvalue weighted by atomic mass is 31.1. The van der Waals surface area contributed by atoms with Crippen LogP contribution in [0.1, 0.15) is 83.6 Å². The molecular weight excluding hydrogens is 283 g/mol. The van der Waals surface area contributed by atoms with Crippen molar-refractivity contribution in [3.8, 4) is 0 Å². The average Bonchev–Trinajstić information content (AvgIpc) is 2.58. The zero-order valence-corrected chi connectivity index (χ0v) is 15.7. The number of hydrogen-bond donors (Lipinski definition) is 0. The number of benzene rings is 1. The van der Waals surface area contributed by atoms with Gasteiger partial charge in [-0.1, -0.05) is 84.6 Å². The molecule has 0 aliphatic heterocycles. The third-order valence-corrected chi connectivity index (χ3v) is 8.26. The van der Waals surface area contributed by atoms with E-state index in [4.69, 9.17) is 0 Å². The Bertz CT molecular complexity index is 389. The van der Waals surface area contributed by atoms with E-state index in [0.717, 1.165) is 5.66 Å². The van der Waals surface area contributed by atoms with Gasteiger partial charge < -0.3 is 0 Å². The smallest absolute Gasteiger partial charge is 0.0169 e. The van der Waals surface area contributed by atoms with Crippen LogP contribution >= 0.6 is 7.92 Å². The van der Waals surface area contributed by atoms with Crippen LogP contribution < -0.4 is 5.30 Å². The Hall–Kier alpha value is -0.350. The second-order valence-electron chi connectivity index (χ2n) is 6.96. The first kappa shape index (κ1) is 18.0. The van der Waals surface area contributed by atoms with E-state index in [-0.39, 0.29) is 7.92 Å². The van der Waals surface area contributed by atoms with Gasteiger partial charge in [0.25, 0.3) is 0 Å². The summed E-state index contributed by atoms with van der Waals surface area (Å²) in [5.74, 6) is 0. The predicted molar refractivity (Wildman–Crippen MR) is 103 cm³/mol. The van der Waals surface area contributed by atoms with E-state index in [1.807, 2.05) is 0 Å². The van der Waals surface area contributed by atoms with Crippen molar-refractivity contribution in [2.45, 2.75) is 90.1 Å². The van der Waals surface area contributed by atoms with Crippen LogP contribution in [0.3, 0.4) is 0 Å². The third kappa shape index (κ3) is 5.69. The molecule has 1 saturated carbocycles. The minimum Gasteiger partial charge on any atom is -0.0721 e. The maximum Gasteiger partial charge on any atom is -0.0169 e. The Morgan fingerprint density at radius 2 is 1.55 bits per heavy atom. The molecule has 1 unspecified atom stereocenters. The Morgan fingerprint density at radius 1 is 0.864 bits per heavy atom. The zero-order valence-electron chi connectivity index (χ0n) is 14.8. The number of unbranched alkanes of at least 4 members (excludes halogenated alkanes) is 3. The minimum atomic E-state index is 0.0892. The molecule has 1 aliphatic carbocycles. The highest BCUT2D eigenvalue weighted by molar-refractivity contribution is 7.66. The van der Waals surface area contributed by atoms with Crippen LogP contribution in [0, 0.1) is 0 Å². The van der Waals surface area contributed by atoms with Crippen molar-refractivity contribution in [3.63, 3.8) is 0 Å². The van der Waals surface area contributed by atoms with E-state index >= 15 is 0 Å². The lowest BCUT2D eigenvalue weighted by atomic mass is 10.0. The Balaban J connectivity index is 2.02. The summed E-state index contributed by atoms with van der Waals surface area (Å²) in [6.45, 7) is 4.61. The van der Waals surface area contributed by atoms with E-state index in [1.54, 1.807) is 5.30 Å². The quantitative estimate of drug-likeness (QED) is 0.353. The first-order valence-corrected chi connectivity index (χ1v) is 11.3. The van der Waals surface area contributed by atoms with Gasteiger partial charge in [0.1, 0.15) is 0 Å². The molecule has 124 valence electrons. The van der Waals surface area contributed by atoms with Crippen molar-refractivity contribution in [2.75, 3.05) is 6.16 Å². The summed E-state index contributed by atoms with van der Waals surface area (Å²) in [6.07, 6.45) is 17.0. The Morgan fingerprint density at radius 3 is 2.18 bits per heavy atom. The van der Waals surface area contributed by atoms with Gasteiger partial charge in [-0.3, -0.25) is 0 Å². The van der Waals surface area contributed by atoms with Crippen LogP contribution in [0.4, 0.5) is 0 Å². The van der Waals surface area contributed by atoms with Gasteiger partial charge in [-0.25, -0.2) is 0 Å². The molecule has 0 amide bonds. The monoisotopic (exact) mass is 318 g/mol. The van der Waals surface area contributed by atoms with E-state index < -0.39 is 0 Å². The van der Waals surface area contributed by atoms with Gasteiger partial charge in [0.05, 0.1) is 0 Å². The SMILES string of the molecule is CCCCCP(c1ccc(CCCC)cc1)C1CCCCC1. The van der Waals surface area contributed by atoms with Crippen molar-refractivity contribution in [3.05, 3.63) is 29.8 Å². The van der Waals surface area contributed by atoms with Crippen LogP contribution in [0.15, 0.2) is 24.3 Å². The van der Waals surface area contributed by atoms with Gasteiger partial charge in [-0.2, -0.15) is 0 Å². The lowest BCUT2D eigenvalue weighted by molar-refractivity contribution is 0.511.